The molecule has 3 aromatic rings. The van der Waals surface area contributed by atoms with Crippen LogP contribution in [0.1, 0.15) is 24.2 Å². The molecular formula is C19H24N6O. The zero-order chi connectivity index (χ0) is 17.9. The molecule has 7 nitrogen and oxygen atoms in total. The van der Waals surface area contributed by atoms with Crippen molar-refractivity contribution in [1.82, 2.24) is 24.5 Å². The second kappa shape index (κ2) is 7.39. The number of nitrogens with one attached hydrogen (secondary N) is 1. The molecule has 1 N–H and O–H groups in total. The van der Waals surface area contributed by atoms with Crippen LogP contribution in [0.2, 0.25) is 0 Å². The summed E-state index contributed by atoms with van der Waals surface area (Å²) in [5.74, 6) is 1.49. The van der Waals surface area contributed by atoms with E-state index in [9.17, 15) is 0 Å². The zero-order valence-electron chi connectivity index (χ0n) is 15.2. The van der Waals surface area contributed by atoms with Crippen LogP contribution >= 0.6 is 0 Å². The van der Waals surface area contributed by atoms with Crippen LogP contribution in [0.25, 0.3) is 5.78 Å². The molecule has 7 heteroatoms. The topological polar surface area (TPSA) is 67.6 Å². The molecule has 2 aromatic heterocycles. The summed E-state index contributed by atoms with van der Waals surface area (Å²) in [5.41, 5.74) is 2.20. The number of aryl methyl sites for hydroxylation is 1. The molecule has 1 fully saturated rings. The number of morpholine rings is 1. The highest BCUT2D eigenvalue weighted by atomic mass is 16.5. The Morgan fingerprint density at radius 3 is 2.92 bits per heavy atom. The molecule has 0 unspecified atom stereocenters. The third-order valence-electron chi connectivity index (χ3n) is 4.87. The largest absolute Gasteiger partial charge is 0.373 e. The number of likely N-dealkylation sites (N-methyl/N-ethyl adjacent to an activating group) is 1. The van der Waals surface area contributed by atoms with Crippen LogP contribution in [-0.4, -0.2) is 56.8 Å². The Bertz CT molecular complexity index is 865. The minimum Gasteiger partial charge on any atom is -0.373 e. The Kier molecular flexibility index (Phi) is 4.81. The van der Waals surface area contributed by atoms with E-state index in [-0.39, 0.29) is 12.1 Å². The van der Waals surface area contributed by atoms with Crippen LogP contribution in [-0.2, 0) is 4.74 Å². The number of aromatic nitrogens is 4. The van der Waals surface area contributed by atoms with E-state index in [0.717, 1.165) is 31.2 Å². The molecule has 0 bridgehead atoms. The molecule has 1 aliphatic heterocycles. The third-order valence-corrected chi connectivity index (χ3v) is 4.87. The van der Waals surface area contributed by atoms with Crippen molar-refractivity contribution < 1.29 is 4.74 Å². The van der Waals surface area contributed by atoms with Gasteiger partial charge in [-0.3, -0.25) is 4.90 Å². The van der Waals surface area contributed by atoms with Crippen LogP contribution < -0.4 is 5.32 Å². The predicted octanol–water partition coefficient (Wildman–Crippen LogP) is 2.31. The summed E-state index contributed by atoms with van der Waals surface area (Å²) in [5, 5.41) is 7.76. The standard InChI is InChI=1S/C19H24N6O/c1-3-24-9-10-26-16(18(24)15-7-5-4-6-8-15)12-20-17-11-14(2)23-19-21-13-22-25(17)19/h4-8,11,13,16,18,20H,3,9-10,12H2,1-2H3/t16-,18-/m0/s1. The molecule has 1 aliphatic rings. The lowest BCUT2D eigenvalue weighted by Crippen LogP contribution is -2.47. The minimum atomic E-state index is 0.0538. The lowest BCUT2D eigenvalue weighted by atomic mass is 9.98. The first-order valence-electron chi connectivity index (χ1n) is 9.08. The van der Waals surface area contributed by atoms with Crippen molar-refractivity contribution in [2.45, 2.75) is 26.0 Å². The Morgan fingerprint density at radius 2 is 2.12 bits per heavy atom. The summed E-state index contributed by atoms with van der Waals surface area (Å²) in [6.07, 6.45) is 1.58. The molecule has 4 rings (SSSR count). The fraction of sp³-hybridized carbons (Fsp3) is 0.421. The first-order valence-corrected chi connectivity index (χ1v) is 9.08. The number of ether oxygens (including phenoxy) is 1. The smallest absolute Gasteiger partial charge is 0.254 e. The van der Waals surface area contributed by atoms with Gasteiger partial charge in [-0.25, -0.2) is 4.98 Å². The molecule has 1 aromatic carbocycles. The minimum absolute atomic E-state index is 0.0538. The molecule has 2 atom stereocenters. The lowest BCUT2D eigenvalue weighted by Gasteiger charge is -2.41. The van der Waals surface area contributed by atoms with Crippen LogP contribution in [0.15, 0.2) is 42.7 Å². The molecule has 3 heterocycles. The van der Waals surface area contributed by atoms with Crippen LogP contribution in [0.3, 0.4) is 0 Å². The Labute approximate surface area is 153 Å². The van der Waals surface area contributed by atoms with Crippen molar-refractivity contribution in [2.24, 2.45) is 0 Å². The van der Waals surface area contributed by atoms with Gasteiger partial charge in [-0.1, -0.05) is 37.3 Å². The summed E-state index contributed by atoms with van der Waals surface area (Å²) >= 11 is 0. The molecule has 1 saturated heterocycles. The highest BCUT2D eigenvalue weighted by Gasteiger charge is 2.32. The summed E-state index contributed by atoms with van der Waals surface area (Å²) in [4.78, 5) is 11.1. The van der Waals surface area contributed by atoms with Crippen LogP contribution in [0.5, 0.6) is 0 Å². The number of benzene rings is 1. The van der Waals surface area contributed by atoms with Gasteiger partial charge in [-0.2, -0.15) is 14.6 Å². The van der Waals surface area contributed by atoms with Gasteiger partial charge in [0.15, 0.2) is 0 Å². The SMILES string of the molecule is CCN1CCO[C@@H](CNc2cc(C)nc3ncnn23)[C@@H]1c1ccccc1. The van der Waals surface area contributed by atoms with E-state index in [1.54, 1.807) is 4.52 Å². The van der Waals surface area contributed by atoms with Crippen molar-refractivity contribution in [2.75, 3.05) is 31.6 Å². The van der Waals surface area contributed by atoms with Crippen LogP contribution in [0, 0.1) is 6.92 Å². The van der Waals surface area contributed by atoms with Gasteiger partial charge >= 0.3 is 0 Å². The van der Waals surface area contributed by atoms with Crippen LogP contribution in [0.4, 0.5) is 5.82 Å². The molecular weight excluding hydrogens is 328 g/mol. The van der Waals surface area contributed by atoms with Gasteiger partial charge in [0.05, 0.1) is 18.8 Å². The summed E-state index contributed by atoms with van der Waals surface area (Å²) in [7, 11) is 0. The number of hydrogen-bond donors (Lipinski definition) is 1. The molecule has 0 aliphatic carbocycles. The lowest BCUT2D eigenvalue weighted by molar-refractivity contribution is -0.0639. The van der Waals surface area contributed by atoms with E-state index in [1.165, 1.54) is 11.9 Å². The quantitative estimate of drug-likeness (QED) is 0.760. The van der Waals surface area contributed by atoms with Gasteiger partial charge in [0, 0.05) is 24.8 Å². The second-order valence-electron chi connectivity index (χ2n) is 6.53. The Balaban J connectivity index is 1.58. The van der Waals surface area contributed by atoms with Crippen molar-refractivity contribution in [3.05, 3.63) is 54.0 Å². The maximum Gasteiger partial charge on any atom is 0.254 e. The van der Waals surface area contributed by atoms with Crippen molar-refractivity contribution >= 4 is 11.6 Å². The van der Waals surface area contributed by atoms with Gasteiger partial charge in [0.2, 0.25) is 0 Å². The van der Waals surface area contributed by atoms with E-state index in [0.29, 0.717) is 12.3 Å². The van der Waals surface area contributed by atoms with E-state index in [2.05, 4.69) is 62.5 Å². The van der Waals surface area contributed by atoms with Gasteiger partial charge in [-0.05, 0) is 19.0 Å². The third kappa shape index (κ3) is 3.27. The molecule has 0 amide bonds. The fourth-order valence-electron chi connectivity index (χ4n) is 3.65. The Morgan fingerprint density at radius 1 is 1.27 bits per heavy atom. The molecule has 0 radical (unpaired) electrons. The van der Waals surface area contributed by atoms with Gasteiger partial charge < -0.3 is 10.1 Å². The first-order chi connectivity index (χ1) is 12.8. The second-order valence-corrected chi connectivity index (χ2v) is 6.53. The maximum absolute atomic E-state index is 6.16. The van der Waals surface area contributed by atoms with Crippen molar-refractivity contribution in [3.63, 3.8) is 0 Å². The highest BCUT2D eigenvalue weighted by molar-refractivity contribution is 5.44. The zero-order valence-corrected chi connectivity index (χ0v) is 15.2. The molecule has 26 heavy (non-hydrogen) atoms. The first kappa shape index (κ1) is 16.9. The average Bonchev–Trinajstić information content (AvgIpc) is 3.14. The number of fused-ring (bicyclic) bond motifs is 1. The fourth-order valence-corrected chi connectivity index (χ4v) is 3.65. The Hall–Kier alpha value is -2.51. The summed E-state index contributed by atoms with van der Waals surface area (Å²) < 4.78 is 7.88. The average molecular weight is 352 g/mol. The monoisotopic (exact) mass is 352 g/mol. The number of nitrogens with zero attached hydrogens (tertiary/aromatic N) is 5. The highest BCUT2D eigenvalue weighted by Crippen LogP contribution is 2.29. The van der Waals surface area contributed by atoms with E-state index in [4.69, 9.17) is 4.74 Å². The molecule has 0 saturated carbocycles. The number of anilines is 1. The normalized spacial score (nSPS) is 21.2. The van der Waals surface area contributed by atoms with Crippen molar-refractivity contribution in [1.29, 1.82) is 0 Å². The molecule has 0 spiro atoms. The van der Waals surface area contributed by atoms with E-state index >= 15 is 0 Å². The molecule has 136 valence electrons. The summed E-state index contributed by atoms with van der Waals surface area (Å²) in [6.45, 7) is 7.56. The maximum atomic E-state index is 6.16. The van der Waals surface area contributed by atoms with Crippen molar-refractivity contribution in [3.8, 4) is 0 Å². The van der Waals surface area contributed by atoms with Gasteiger partial charge in [-0.15, -0.1) is 0 Å². The van der Waals surface area contributed by atoms with E-state index in [1.807, 2.05) is 13.0 Å². The predicted molar refractivity (Wildman–Crippen MR) is 100 cm³/mol. The van der Waals surface area contributed by atoms with Gasteiger partial charge in [0.25, 0.3) is 5.78 Å². The summed E-state index contributed by atoms with van der Waals surface area (Å²) in [6, 6.07) is 12.8. The van der Waals surface area contributed by atoms with E-state index < -0.39 is 0 Å². The number of hydrogen-bond acceptors (Lipinski definition) is 6. The van der Waals surface area contributed by atoms with Gasteiger partial charge in [0.1, 0.15) is 12.1 Å². The number of rotatable bonds is 5.